The number of carbonyl (C=O) groups excluding carboxylic acids is 2. The molecule has 0 aliphatic rings. The van der Waals surface area contributed by atoms with E-state index < -0.39 is 35.5 Å². The van der Waals surface area contributed by atoms with Crippen LogP contribution in [0.15, 0.2) is 66.9 Å². The third-order valence-corrected chi connectivity index (χ3v) is 4.75. The summed E-state index contributed by atoms with van der Waals surface area (Å²) < 4.78 is 27.7. The second-order valence-corrected chi connectivity index (χ2v) is 6.74. The van der Waals surface area contributed by atoms with Crippen LogP contribution in [0.4, 0.5) is 14.6 Å². The minimum Gasteiger partial charge on any atom is -0.383 e. The number of nitrogens with two attached hydrogens (primary N) is 2. The van der Waals surface area contributed by atoms with Crippen molar-refractivity contribution in [2.24, 2.45) is 5.73 Å². The minimum atomic E-state index is -1.21. The van der Waals surface area contributed by atoms with Crippen molar-refractivity contribution in [3.63, 3.8) is 0 Å². The number of amides is 2. The van der Waals surface area contributed by atoms with Crippen LogP contribution in [-0.4, -0.2) is 21.7 Å². The molecular formula is C22H20F2N4O2. The quantitative estimate of drug-likeness (QED) is 0.650. The topological polar surface area (TPSA) is 102 Å². The Kier molecular flexibility index (Phi) is 6.06. The zero-order valence-corrected chi connectivity index (χ0v) is 16.1. The standard InChI is InChI=1S/C22H20F2N4O2/c1-13(15-10-16(23)12-17(24)11-15)28(22(30)18-8-5-9-27-20(18)25)19(21(26)29)14-6-3-2-4-7-14/h2-13,19H,1H3,(H2,25,27)(H2,26,29)/t13-,19-/m1/s1. The van der Waals surface area contributed by atoms with E-state index >= 15 is 0 Å². The number of primary amides is 1. The molecule has 1 heterocycles. The van der Waals surface area contributed by atoms with Crippen molar-refractivity contribution in [2.45, 2.75) is 19.0 Å². The molecular weight excluding hydrogens is 390 g/mol. The van der Waals surface area contributed by atoms with E-state index in [2.05, 4.69) is 4.98 Å². The molecule has 0 unspecified atom stereocenters. The largest absolute Gasteiger partial charge is 0.383 e. The van der Waals surface area contributed by atoms with Crippen molar-refractivity contribution in [3.05, 3.63) is 95.2 Å². The summed E-state index contributed by atoms with van der Waals surface area (Å²) in [5, 5.41) is 0. The first kappa shape index (κ1) is 20.9. The molecule has 3 rings (SSSR count). The number of hydrogen-bond acceptors (Lipinski definition) is 4. The van der Waals surface area contributed by atoms with Crippen molar-refractivity contribution in [3.8, 4) is 0 Å². The SMILES string of the molecule is C[C@H](c1cc(F)cc(F)c1)N(C(=O)c1cccnc1N)[C@@H](C(N)=O)c1ccccc1. The average Bonchev–Trinajstić information content (AvgIpc) is 2.71. The molecule has 6 nitrogen and oxygen atoms in total. The third-order valence-electron chi connectivity index (χ3n) is 4.75. The maximum atomic E-state index is 13.9. The highest BCUT2D eigenvalue weighted by Gasteiger charge is 2.35. The highest BCUT2D eigenvalue weighted by Crippen LogP contribution is 2.33. The fourth-order valence-corrected chi connectivity index (χ4v) is 3.33. The number of hydrogen-bond donors (Lipinski definition) is 2. The first-order valence-electron chi connectivity index (χ1n) is 9.13. The number of anilines is 1. The Hall–Kier alpha value is -3.81. The molecule has 154 valence electrons. The zero-order valence-electron chi connectivity index (χ0n) is 16.1. The van der Waals surface area contributed by atoms with Gasteiger partial charge in [-0.2, -0.15) is 0 Å². The van der Waals surface area contributed by atoms with Gasteiger partial charge in [0.25, 0.3) is 5.91 Å². The summed E-state index contributed by atoms with van der Waals surface area (Å²) >= 11 is 0. The first-order valence-corrected chi connectivity index (χ1v) is 9.13. The van der Waals surface area contributed by atoms with Crippen LogP contribution in [0.3, 0.4) is 0 Å². The van der Waals surface area contributed by atoms with E-state index in [9.17, 15) is 18.4 Å². The Labute approximate surface area is 172 Å². The number of aromatic nitrogens is 1. The van der Waals surface area contributed by atoms with Gasteiger partial charge in [-0.1, -0.05) is 30.3 Å². The van der Waals surface area contributed by atoms with E-state index in [4.69, 9.17) is 11.5 Å². The Balaban J connectivity index is 2.18. The molecule has 1 aromatic heterocycles. The first-order chi connectivity index (χ1) is 14.3. The van der Waals surface area contributed by atoms with E-state index in [0.717, 1.165) is 18.2 Å². The van der Waals surface area contributed by atoms with Crippen LogP contribution < -0.4 is 11.5 Å². The monoisotopic (exact) mass is 410 g/mol. The molecule has 8 heteroatoms. The molecule has 0 aliphatic carbocycles. The van der Waals surface area contributed by atoms with E-state index in [0.29, 0.717) is 5.56 Å². The van der Waals surface area contributed by atoms with Gasteiger partial charge in [0.1, 0.15) is 23.5 Å². The number of pyridine rings is 1. The predicted octanol–water partition coefficient (Wildman–Crippen LogP) is 3.37. The highest BCUT2D eigenvalue weighted by molar-refractivity contribution is 6.01. The van der Waals surface area contributed by atoms with Crippen LogP contribution >= 0.6 is 0 Å². The van der Waals surface area contributed by atoms with E-state index in [1.165, 1.54) is 23.2 Å². The Morgan fingerprint density at radius 1 is 0.967 bits per heavy atom. The van der Waals surface area contributed by atoms with Crippen LogP contribution in [0.5, 0.6) is 0 Å². The number of rotatable bonds is 6. The molecule has 30 heavy (non-hydrogen) atoms. The van der Waals surface area contributed by atoms with Gasteiger partial charge in [0.15, 0.2) is 0 Å². The summed E-state index contributed by atoms with van der Waals surface area (Å²) in [6.07, 6.45) is 1.42. The van der Waals surface area contributed by atoms with Crippen LogP contribution in [0.2, 0.25) is 0 Å². The lowest BCUT2D eigenvalue weighted by molar-refractivity contribution is -0.123. The van der Waals surface area contributed by atoms with Crippen molar-refractivity contribution < 1.29 is 18.4 Å². The fourth-order valence-electron chi connectivity index (χ4n) is 3.33. The molecule has 0 aliphatic heterocycles. The smallest absolute Gasteiger partial charge is 0.259 e. The fraction of sp³-hybridized carbons (Fsp3) is 0.136. The van der Waals surface area contributed by atoms with E-state index in [1.54, 1.807) is 37.3 Å². The van der Waals surface area contributed by atoms with Gasteiger partial charge in [0.05, 0.1) is 11.6 Å². The van der Waals surface area contributed by atoms with Gasteiger partial charge >= 0.3 is 0 Å². The Bertz CT molecular complexity index is 1060. The molecule has 0 spiro atoms. The molecule has 2 amide bonds. The van der Waals surface area contributed by atoms with Gasteiger partial charge < -0.3 is 16.4 Å². The maximum absolute atomic E-state index is 13.9. The molecule has 2 atom stereocenters. The summed E-state index contributed by atoms with van der Waals surface area (Å²) in [6.45, 7) is 1.55. The van der Waals surface area contributed by atoms with E-state index in [1.807, 2.05) is 0 Å². The lowest BCUT2D eigenvalue weighted by atomic mass is 9.98. The van der Waals surface area contributed by atoms with Crippen molar-refractivity contribution in [1.29, 1.82) is 0 Å². The summed E-state index contributed by atoms with van der Waals surface area (Å²) in [5.74, 6) is -3.10. The van der Waals surface area contributed by atoms with Gasteiger partial charge in [-0.3, -0.25) is 9.59 Å². The van der Waals surface area contributed by atoms with Crippen LogP contribution in [-0.2, 0) is 4.79 Å². The molecule has 4 N–H and O–H groups in total. The number of nitrogen functional groups attached to an aromatic ring is 1. The lowest BCUT2D eigenvalue weighted by Gasteiger charge is -2.35. The highest BCUT2D eigenvalue weighted by atomic mass is 19.1. The molecule has 0 fully saturated rings. The van der Waals surface area contributed by atoms with Gasteiger partial charge in [0.2, 0.25) is 5.91 Å². The lowest BCUT2D eigenvalue weighted by Crippen LogP contribution is -2.43. The van der Waals surface area contributed by atoms with E-state index in [-0.39, 0.29) is 16.9 Å². The predicted molar refractivity (Wildman–Crippen MR) is 108 cm³/mol. The Morgan fingerprint density at radius 3 is 2.17 bits per heavy atom. The summed E-state index contributed by atoms with van der Waals surface area (Å²) in [7, 11) is 0. The zero-order chi connectivity index (χ0) is 21.8. The van der Waals surface area contributed by atoms with Crippen LogP contribution in [0, 0.1) is 11.6 Å². The molecule has 0 saturated carbocycles. The maximum Gasteiger partial charge on any atom is 0.259 e. The molecule has 0 radical (unpaired) electrons. The van der Waals surface area contributed by atoms with Crippen LogP contribution in [0.1, 0.15) is 40.5 Å². The summed E-state index contributed by atoms with van der Waals surface area (Å²) in [5.41, 5.74) is 12.2. The minimum absolute atomic E-state index is 0.0404. The summed E-state index contributed by atoms with van der Waals surface area (Å²) in [4.78, 5) is 31.0. The number of benzene rings is 2. The molecule has 0 bridgehead atoms. The van der Waals surface area contributed by atoms with Crippen molar-refractivity contribution in [1.82, 2.24) is 9.88 Å². The van der Waals surface area contributed by atoms with Gasteiger partial charge in [-0.25, -0.2) is 13.8 Å². The second kappa shape index (κ2) is 8.69. The molecule has 3 aromatic rings. The summed E-state index contributed by atoms with van der Waals surface area (Å²) in [6, 6.07) is 12.2. The van der Waals surface area contributed by atoms with Gasteiger partial charge in [-0.05, 0) is 42.3 Å². The number of carbonyl (C=O) groups is 2. The number of halogens is 2. The molecule has 0 saturated heterocycles. The average molecular weight is 410 g/mol. The van der Waals surface area contributed by atoms with Crippen molar-refractivity contribution in [2.75, 3.05) is 5.73 Å². The van der Waals surface area contributed by atoms with Crippen LogP contribution in [0.25, 0.3) is 0 Å². The molecule has 2 aromatic carbocycles. The van der Waals surface area contributed by atoms with Crippen molar-refractivity contribution >= 4 is 17.6 Å². The van der Waals surface area contributed by atoms with Gasteiger partial charge in [-0.15, -0.1) is 0 Å². The Morgan fingerprint density at radius 2 is 1.60 bits per heavy atom. The third kappa shape index (κ3) is 4.27. The van der Waals surface area contributed by atoms with Gasteiger partial charge in [0, 0.05) is 12.3 Å². The normalized spacial score (nSPS) is 12.8. The second-order valence-electron chi connectivity index (χ2n) is 6.74. The number of nitrogens with zero attached hydrogens (tertiary/aromatic N) is 2.